The van der Waals surface area contributed by atoms with Gasteiger partial charge in [-0.25, -0.2) is 0 Å². The lowest BCUT2D eigenvalue weighted by molar-refractivity contribution is -0.163. The zero-order chi connectivity index (χ0) is 18.1. The summed E-state index contributed by atoms with van der Waals surface area (Å²) in [5.74, 6) is 1.01. The van der Waals surface area contributed by atoms with E-state index in [1.807, 2.05) is 24.0 Å². The standard InChI is InChI=1S/C20H30N2O3/c1-19(2)15-21(18(23)20(3)11-5-6-14-25-20)12-13-22(19)16-7-9-17(24-4)10-8-16/h7-10H,5-6,11-15H2,1-4H3/t20-/m0/s1. The van der Waals surface area contributed by atoms with Gasteiger partial charge in [0.2, 0.25) is 0 Å². The maximum Gasteiger partial charge on any atom is 0.254 e. The number of hydrogen-bond acceptors (Lipinski definition) is 4. The summed E-state index contributed by atoms with van der Waals surface area (Å²) in [5.41, 5.74) is 0.391. The molecule has 1 atom stereocenters. The van der Waals surface area contributed by atoms with E-state index in [-0.39, 0.29) is 11.4 Å². The highest BCUT2D eigenvalue weighted by Gasteiger charge is 2.43. The van der Waals surface area contributed by atoms with Crippen molar-refractivity contribution in [1.82, 2.24) is 4.90 Å². The smallest absolute Gasteiger partial charge is 0.254 e. The molecule has 1 aromatic rings. The van der Waals surface area contributed by atoms with Crippen LogP contribution in [0.15, 0.2) is 24.3 Å². The molecule has 0 radical (unpaired) electrons. The Morgan fingerprint density at radius 1 is 1.12 bits per heavy atom. The van der Waals surface area contributed by atoms with Gasteiger partial charge in [0, 0.05) is 31.9 Å². The number of piperazine rings is 1. The van der Waals surface area contributed by atoms with Crippen LogP contribution in [0.2, 0.25) is 0 Å². The maximum absolute atomic E-state index is 13.1. The molecule has 2 fully saturated rings. The van der Waals surface area contributed by atoms with Crippen molar-refractivity contribution in [1.29, 1.82) is 0 Å². The topological polar surface area (TPSA) is 42.0 Å². The molecular weight excluding hydrogens is 316 g/mol. The Bertz CT molecular complexity index is 606. The predicted molar refractivity (Wildman–Crippen MR) is 99.2 cm³/mol. The average molecular weight is 346 g/mol. The highest BCUT2D eigenvalue weighted by Crippen LogP contribution is 2.32. The summed E-state index contributed by atoms with van der Waals surface area (Å²) >= 11 is 0. The van der Waals surface area contributed by atoms with E-state index in [0.29, 0.717) is 13.2 Å². The van der Waals surface area contributed by atoms with Crippen LogP contribution in [-0.4, -0.2) is 55.3 Å². The molecule has 0 bridgehead atoms. The summed E-state index contributed by atoms with van der Waals surface area (Å²) in [4.78, 5) is 17.4. The lowest BCUT2D eigenvalue weighted by atomic mass is 9.91. The number of carbonyl (C=O) groups excluding carboxylic acids is 1. The van der Waals surface area contributed by atoms with Crippen molar-refractivity contribution >= 4 is 11.6 Å². The van der Waals surface area contributed by atoms with E-state index in [0.717, 1.165) is 43.8 Å². The van der Waals surface area contributed by atoms with Gasteiger partial charge in [-0.2, -0.15) is 0 Å². The number of methoxy groups -OCH3 is 1. The number of benzene rings is 1. The Morgan fingerprint density at radius 3 is 2.40 bits per heavy atom. The second-order valence-electron chi connectivity index (χ2n) is 7.93. The molecule has 5 nitrogen and oxygen atoms in total. The number of ether oxygens (including phenoxy) is 2. The van der Waals surface area contributed by atoms with Gasteiger partial charge in [-0.15, -0.1) is 0 Å². The first kappa shape index (κ1) is 18.1. The van der Waals surface area contributed by atoms with E-state index in [9.17, 15) is 4.79 Å². The van der Waals surface area contributed by atoms with E-state index >= 15 is 0 Å². The molecule has 0 aromatic heterocycles. The van der Waals surface area contributed by atoms with E-state index in [1.54, 1.807) is 7.11 Å². The molecule has 2 aliphatic rings. The van der Waals surface area contributed by atoms with Crippen molar-refractivity contribution in [2.24, 2.45) is 0 Å². The molecular formula is C20H30N2O3. The minimum atomic E-state index is -0.642. The quantitative estimate of drug-likeness (QED) is 0.843. The van der Waals surface area contributed by atoms with Gasteiger partial charge in [-0.05, 0) is 64.3 Å². The summed E-state index contributed by atoms with van der Waals surface area (Å²) < 4.78 is 11.1. The fourth-order valence-corrected chi connectivity index (χ4v) is 4.01. The van der Waals surface area contributed by atoms with Crippen molar-refractivity contribution in [3.05, 3.63) is 24.3 Å². The zero-order valence-electron chi connectivity index (χ0n) is 15.9. The van der Waals surface area contributed by atoms with Crippen molar-refractivity contribution in [3.8, 4) is 5.75 Å². The Hall–Kier alpha value is -1.75. The molecule has 1 aromatic carbocycles. The molecule has 1 amide bonds. The van der Waals surface area contributed by atoms with Gasteiger partial charge in [0.1, 0.15) is 11.4 Å². The fraction of sp³-hybridized carbons (Fsp3) is 0.650. The van der Waals surface area contributed by atoms with Gasteiger partial charge in [0.25, 0.3) is 5.91 Å². The molecule has 2 heterocycles. The third kappa shape index (κ3) is 3.61. The third-order valence-corrected chi connectivity index (χ3v) is 5.49. The molecule has 138 valence electrons. The second-order valence-corrected chi connectivity index (χ2v) is 7.93. The first-order valence-electron chi connectivity index (χ1n) is 9.21. The molecule has 0 unspecified atom stereocenters. The van der Waals surface area contributed by atoms with E-state index in [2.05, 4.69) is 30.9 Å². The molecule has 3 rings (SSSR count). The lowest BCUT2D eigenvalue weighted by Crippen LogP contribution is -2.64. The fourth-order valence-electron chi connectivity index (χ4n) is 4.01. The highest BCUT2D eigenvalue weighted by atomic mass is 16.5. The molecule has 25 heavy (non-hydrogen) atoms. The molecule has 0 spiro atoms. The Kier molecular flexibility index (Phi) is 4.96. The summed E-state index contributed by atoms with van der Waals surface area (Å²) in [6.07, 6.45) is 2.95. The number of carbonyl (C=O) groups is 1. The highest BCUT2D eigenvalue weighted by molar-refractivity contribution is 5.85. The van der Waals surface area contributed by atoms with Crippen LogP contribution in [0.5, 0.6) is 5.75 Å². The number of amides is 1. The lowest BCUT2D eigenvalue weighted by Gasteiger charge is -2.50. The number of hydrogen-bond donors (Lipinski definition) is 0. The summed E-state index contributed by atoms with van der Waals surface area (Å²) in [7, 11) is 1.68. The molecule has 2 aliphatic heterocycles. The van der Waals surface area contributed by atoms with Crippen molar-refractivity contribution < 1.29 is 14.3 Å². The minimum absolute atomic E-state index is 0.131. The Morgan fingerprint density at radius 2 is 1.84 bits per heavy atom. The van der Waals surface area contributed by atoms with Crippen molar-refractivity contribution in [2.75, 3.05) is 38.3 Å². The molecule has 5 heteroatoms. The van der Waals surface area contributed by atoms with Gasteiger partial charge in [0.05, 0.1) is 12.6 Å². The van der Waals surface area contributed by atoms with Crippen LogP contribution >= 0.6 is 0 Å². The molecule has 2 saturated heterocycles. The van der Waals surface area contributed by atoms with Gasteiger partial charge >= 0.3 is 0 Å². The van der Waals surface area contributed by atoms with Crippen LogP contribution in [0.1, 0.15) is 40.0 Å². The van der Waals surface area contributed by atoms with Gasteiger partial charge in [-0.3, -0.25) is 4.79 Å². The summed E-state index contributed by atoms with van der Waals surface area (Å²) in [5, 5.41) is 0. The average Bonchev–Trinajstić information content (AvgIpc) is 2.61. The summed E-state index contributed by atoms with van der Waals surface area (Å²) in [6, 6.07) is 8.15. The van der Waals surface area contributed by atoms with Gasteiger partial charge in [-0.1, -0.05) is 0 Å². The van der Waals surface area contributed by atoms with Gasteiger partial charge in [0.15, 0.2) is 0 Å². The second kappa shape index (κ2) is 6.87. The van der Waals surface area contributed by atoms with E-state index in [1.165, 1.54) is 0 Å². The van der Waals surface area contributed by atoms with Crippen LogP contribution < -0.4 is 9.64 Å². The first-order chi connectivity index (χ1) is 11.9. The number of anilines is 1. The van der Waals surface area contributed by atoms with Gasteiger partial charge < -0.3 is 19.3 Å². The predicted octanol–water partition coefficient (Wildman–Crippen LogP) is 3.08. The van der Waals surface area contributed by atoms with Crippen molar-refractivity contribution in [2.45, 2.75) is 51.2 Å². The third-order valence-electron chi connectivity index (χ3n) is 5.49. The monoisotopic (exact) mass is 346 g/mol. The maximum atomic E-state index is 13.1. The Balaban J connectivity index is 1.72. The van der Waals surface area contributed by atoms with Crippen LogP contribution in [0, 0.1) is 0 Å². The molecule has 0 N–H and O–H groups in total. The number of nitrogens with zero attached hydrogens (tertiary/aromatic N) is 2. The van der Waals surface area contributed by atoms with E-state index < -0.39 is 5.60 Å². The summed E-state index contributed by atoms with van der Waals surface area (Å²) in [6.45, 7) is 9.29. The largest absolute Gasteiger partial charge is 0.497 e. The zero-order valence-corrected chi connectivity index (χ0v) is 15.9. The first-order valence-corrected chi connectivity index (χ1v) is 9.21. The number of rotatable bonds is 3. The van der Waals surface area contributed by atoms with Crippen LogP contribution in [0.25, 0.3) is 0 Å². The normalized spacial score (nSPS) is 26.4. The Labute approximate surface area is 150 Å². The molecule has 0 aliphatic carbocycles. The van der Waals surface area contributed by atoms with Crippen LogP contribution in [0.3, 0.4) is 0 Å². The van der Waals surface area contributed by atoms with Crippen LogP contribution in [0.4, 0.5) is 5.69 Å². The van der Waals surface area contributed by atoms with E-state index in [4.69, 9.17) is 9.47 Å². The van der Waals surface area contributed by atoms with Crippen LogP contribution in [-0.2, 0) is 9.53 Å². The van der Waals surface area contributed by atoms with Crippen molar-refractivity contribution in [3.63, 3.8) is 0 Å². The SMILES string of the molecule is COc1ccc(N2CCN(C(=O)[C@]3(C)CCCCO3)CC2(C)C)cc1. The molecule has 0 saturated carbocycles. The minimum Gasteiger partial charge on any atom is -0.497 e.